The van der Waals surface area contributed by atoms with Crippen LogP contribution in [0.2, 0.25) is 0 Å². The molecular weight excluding hydrogens is 268 g/mol. The van der Waals surface area contributed by atoms with Gasteiger partial charge in [-0.3, -0.25) is 0 Å². The van der Waals surface area contributed by atoms with E-state index in [1.807, 2.05) is 0 Å². The summed E-state index contributed by atoms with van der Waals surface area (Å²) in [4.78, 5) is 11.1. The second-order valence-corrected chi connectivity index (χ2v) is 7.08. The van der Waals surface area contributed by atoms with Crippen LogP contribution in [-0.4, -0.2) is 15.5 Å². The first-order chi connectivity index (χ1) is 9.59. The van der Waals surface area contributed by atoms with Crippen molar-refractivity contribution in [2.75, 3.05) is 11.1 Å². The quantitative estimate of drug-likeness (QED) is 0.897. The molecule has 5 heteroatoms. The van der Waals surface area contributed by atoms with Crippen LogP contribution >= 0.6 is 11.3 Å². The van der Waals surface area contributed by atoms with Crippen molar-refractivity contribution in [3.05, 3.63) is 10.9 Å². The molecule has 1 aliphatic rings. The second kappa shape index (κ2) is 5.20. The predicted octanol–water partition coefficient (Wildman–Crippen LogP) is 3.97. The molecule has 108 valence electrons. The molecule has 1 saturated carbocycles. The summed E-state index contributed by atoms with van der Waals surface area (Å²) < 4.78 is 0. The first-order valence-electron chi connectivity index (χ1n) is 7.44. The maximum absolute atomic E-state index is 5.87. The molecule has 3 N–H and O–H groups in total. The van der Waals surface area contributed by atoms with Gasteiger partial charge in [0.2, 0.25) is 5.95 Å². The highest BCUT2D eigenvalue weighted by molar-refractivity contribution is 7.18. The first kappa shape index (κ1) is 13.6. The summed E-state index contributed by atoms with van der Waals surface area (Å²) in [7, 11) is 0. The number of fused-ring (bicyclic) bond motifs is 1. The zero-order valence-electron chi connectivity index (χ0n) is 12.2. The lowest BCUT2D eigenvalue weighted by molar-refractivity contribution is 0.349. The van der Waals surface area contributed by atoms with Gasteiger partial charge in [-0.15, -0.1) is 11.3 Å². The molecule has 3 rings (SSSR count). The van der Waals surface area contributed by atoms with Crippen LogP contribution < -0.4 is 11.1 Å². The van der Waals surface area contributed by atoms with Crippen LogP contribution in [-0.2, 0) is 6.42 Å². The van der Waals surface area contributed by atoms with Crippen molar-refractivity contribution in [1.82, 2.24) is 9.97 Å². The SMILES string of the molecule is CCc1cc2c(NC3(C)CCCCC3)nc(N)nc2s1. The molecule has 2 aromatic rings. The number of nitrogen functional groups attached to an aromatic ring is 1. The number of anilines is 2. The number of hydrogen-bond acceptors (Lipinski definition) is 5. The molecule has 0 aliphatic heterocycles. The number of rotatable bonds is 3. The fraction of sp³-hybridized carbons (Fsp3) is 0.600. The van der Waals surface area contributed by atoms with E-state index >= 15 is 0 Å². The average molecular weight is 290 g/mol. The number of nitrogens with two attached hydrogens (primary N) is 1. The maximum Gasteiger partial charge on any atom is 0.223 e. The van der Waals surface area contributed by atoms with Crippen LogP contribution in [0.1, 0.15) is 50.8 Å². The lowest BCUT2D eigenvalue weighted by atomic mass is 9.83. The Kier molecular flexibility index (Phi) is 3.54. The van der Waals surface area contributed by atoms with Gasteiger partial charge < -0.3 is 11.1 Å². The monoisotopic (exact) mass is 290 g/mol. The number of nitrogens with zero attached hydrogens (tertiary/aromatic N) is 2. The van der Waals surface area contributed by atoms with Gasteiger partial charge in [0.15, 0.2) is 0 Å². The van der Waals surface area contributed by atoms with Crippen LogP contribution in [0.3, 0.4) is 0 Å². The normalized spacial score (nSPS) is 18.3. The van der Waals surface area contributed by atoms with Gasteiger partial charge in [-0.1, -0.05) is 26.2 Å². The summed E-state index contributed by atoms with van der Waals surface area (Å²) in [6.45, 7) is 4.46. The summed E-state index contributed by atoms with van der Waals surface area (Å²) in [6, 6.07) is 2.20. The number of aromatic nitrogens is 2. The molecule has 0 bridgehead atoms. The highest BCUT2D eigenvalue weighted by atomic mass is 32.1. The lowest BCUT2D eigenvalue weighted by Crippen LogP contribution is -2.37. The molecule has 0 unspecified atom stereocenters. The summed E-state index contributed by atoms with van der Waals surface area (Å²) >= 11 is 1.72. The van der Waals surface area contributed by atoms with E-state index in [-0.39, 0.29) is 5.54 Å². The number of aryl methyl sites for hydroxylation is 1. The molecular formula is C15H22N4S. The van der Waals surface area contributed by atoms with Crippen LogP contribution in [0.25, 0.3) is 10.2 Å². The standard InChI is InChI=1S/C15H22N4S/c1-3-10-9-11-12(17-14(16)18-13(11)20-10)19-15(2)7-5-4-6-8-15/h9H,3-8H2,1-2H3,(H3,16,17,18,19). The van der Waals surface area contributed by atoms with E-state index in [2.05, 4.69) is 35.2 Å². The molecule has 2 aromatic heterocycles. The van der Waals surface area contributed by atoms with Crippen molar-refractivity contribution in [2.24, 2.45) is 0 Å². The van der Waals surface area contributed by atoms with E-state index in [1.165, 1.54) is 37.0 Å². The fourth-order valence-corrected chi connectivity index (χ4v) is 3.97. The lowest BCUT2D eigenvalue weighted by Gasteiger charge is -2.35. The topological polar surface area (TPSA) is 63.8 Å². The Hall–Kier alpha value is -1.36. The third-order valence-corrected chi connectivity index (χ3v) is 5.36. The summed E-state index contributed by atoms with van der Waals surface area (Å²) in [5.41, 5.74) is 6.01. The van der Waals surface area contributed by atoms with E-state index in [0.29, 0.717) is 5.95 Å². The van der Waals surface area contributed by atoms with Gasteiger partial charge in [0.1, 0.15) is 10.6 Å². The Labute approximate surface area is 123 Å². The Morgan fingerprint density at radius 2 is 2.05 bits per heavy atom. The maximum atomic E-state index is 5.87. The van der Waals surface area contributed by atoms with Gasteiger partial charge in [0.25, 0.3) is 0 Å². The van der Waals surface area contributed by atoms with Crippen molar-refractivity contribution < 1.29 is 0 Å². The minimum absolute atomic E-state index is 0.139. The fourth-order valence-electron chi connectivity index (χ4n) is 3.00. The van der Waals surface area contributed by atoms with Gasteiger partial charge in [0.05, 0.1) is 5.39 Å². The molecule has 2 heterocycles. The zero-order valence-corrected chi connectivity index (χ0v) is 13.0. The van der Waals surface area contributed by atoms with Crippen LogP contribution in [0.5, 0.6) is 0 Å². The van der Waals surface area contributed by atoms with Gasteiger partial charge in [-0.25, -0.2) is 4.98 Å². The number of hydrogen-bond donors (Lipinski definition) is 2. The van der Waals surface area contributed by atoms with Crippen LogP contribution in [0.15, 0.2) is 6.07 Å². The first-order valence-corrected chi connectivity index (χ1v) is 8.25. The van der Waals surface area contributed by atoms with E-state index in [1.54, 1.807) is 11.3 Å². The minimum atomic E-state index is 0.139. The van der Waals surface area contributed by atoms with Gasteiger partial charge in [-0.2, -0.15) is 4.98 Å². The molecule has 1 fully saturated rings. The third-order valence-electron chi connectivity index (χ3n) is 4.19. The Morgan fingerprint density at radius 3 is 2.75 bits per heavy atom. The molecule has 0 spiro atoms. The Morgan fingerprint density at radius 1 is 1.30 bits per heavy atom. The summed E-state index contributed by atoms with van der Waals surface area (Å²) in [5, 5.41) is 4.77. The molecule has 0 radical (unpaired) electrons. The summed E-state index contributed by atoms with van der Waals surface area (Å²) in [5.74, 6) is 1.27. The van der Waals surface area contributed by atoms with Crippen molar-refractivity contribution in [3.8, 4) is 0 Å². The Balaban J connectivity index is 1.99. The molecule has 0 saturated heterocycles. The molecule has 20 heavy (non-hydrogen) atoms. The Bertz CT molecular complexity index is 614. The third kappa shape index (κ3) is 2.59. The number of thiophene rings is 1. The van der Waals surface area contributed by atoms with Crippen molar-refractivity contribution in [3.63, 3.8) is 0 Å². The minimum Gasteiger partial charge on any atom is -0.368 e. The molecule has 4 nitrogen and oxygen atoms in total. The summed E-state index contributed by atoms with van der Waals surface area (Å²) in [6.07, 6.45) is 7.34. The van der Waals surface area contributed by atoms with Crippen LogP contribution in [0.4, 0.5) is 11.8 Å². The smallest absolute Gasteiger partial charge is 0.223 e. The average Bonchev–Trinajstić information content (AvgIpc) is 2.82. The van der Waals surface area contributed by atoms with Gasteiger partial charge in [0, 0.05) is 10.4 Å². The van der Waals surface area contributed by atoms with E-state index in [0.717, 1.165) is 22.5 Å². The van der Waals surface area contributed by atoms with E-state index in [9.17, 15) is 0 Å². The molecule has 1 aliphatic carbocycles. The van der Waals surface area contributed by atoms with Crippen molar-refractivity contribution in [2.45, 2.75) is 57.9 Å². The highest BCUT2D eigenvalue weighted by Gasteiger charge is 2.27. The highest BCUT2D eigenvalue weighted by Crippen LogP contribution is 2.35. The molecule has 0 aromatic carbocycles. The second-order valence-electron chi connectivity index (χ2n) is 5.96. The largest absolute Gasteiger partial charge is 0.368 e. The molecule has 0 amide bonds. The molecule has 0 atom stereocenters. The predicted molar refractivity (Wildman–Crippen MR) is 86.3 cm³/mol. The van der Waals surface area contributed by atoms with E-state index in [4.69, 9.17) is 5.73 Å². The van der Waals surface area contributed by atoms with Crippen molar-refractivity contribution in [1.29, 1.82) is 0 Å². The van der Waals surface area contributed by atoms with E-state index < -0.39 is 0 Å². The van der Waals surface area contributed by atoms with Crippen LogP contribution in [0, 0.1) is 0 Å². The van der Waals surface area contributed by atoms with Gasteiger partial charge >= 0.3 is 0 Å². The zero-order chi connectivity index (χ0) is 14.2. The van der Waals surface area contributed by atoms with Crippen molar-refractivity contribution >= 4 is 33.3 Å². The number of nitrogens with one attached hydrogen (secondary N) is 1. The van der Waals surface area contributed by atoms with Gasteiger partial charge in [-0.05, 0) is 32.3 Å².